The molecule has 1 heterocycles. The third-order valence-corrected chi connectivity index (χ3v) is 6.02. The maximum absolute atomic E-state index is 12.1. The first kappa shape index (κ1) is 25.5. The Morgan fingerprint density at radius 1 is 0.750 bits per heavy atom. The number of carbonyl (C=O) groups excluding carboxylic acids is 2. The zero-order valence-electron chi connectivity index (χ0n) is 20.1. The van der Waals surface area contributed by atoms with E-state index >= 15 is 0 Å². The molecular weight excluding hydrogens is 497 g/mol. The number of nitrogens with zero attached hydrogens (tertiary/aromatic N) is 2. The van der Waals surface area contributed by atoms with Crippen LogP contribution in [-0.4, -0.2) is 42.7 Å². The van der Waals surface area contributed by atoms with Crippen LogP contribution in [0.2, 0.25) is 0 Å². The predicted molar refractivity (Wildman–Crippen MR) is 151 cm³/mol. The van der Waals surface area contributed by atoms with Crippen LogP contribution >= 0.6 is 23.2 Å². The van der Waals surface area contributed by atoms with E-state index in [1.807, 2.05) is 79.7 Å². The molecule has 0 spiro atoms. The van der Waals surface area contributed by atoms with Crippen LogP contribution in [0.25, 0.3) is 21.8 Å². The molecule has 0 aliphatic heterocycles. The van der Waals surface area contributed by atoms with Crippen LogP contribution in [0.5, 0.6) is 0 Å². The van der Waals surface area contributed by atoms with E-state index in [-0.39, 0.29) is 36.4 Å². The molecular formula is C27H27Cl2N5O2. The van der Waals surface area contributed by atoms with Gasteiger partial charge in [-0.15, -0.1) is 23.2 Å². The van der Waals surface area contributed by atoms with Gasteiger partial charge in [0.1, 0.15) is 0 Å². The Kier molecular flexibility index (Phi) is 8.13. The Balaban J connectivity index is 1.80. The summed E-state index contributed by atoms with van der Waals surface area (Å²) in [4.78, 5) is 31.0. The SMILES string of the molecule is CN(C)c1ccc(Nc2c3ccc(NC(=O)CCCl)cc3nc3cc(NC(=O)CCCl)ccc23)cc1. The Bertz CT molecular complexity index is 1330. The maximum atomic E-state index is 12.1. The summed E-state index contributed by atoms with van der Waals surface area (Å²) >= 11 is 11.4. The highest BCUT2D eigenvalue weighted by Gasteiger charge is 2.13. The van der Waals surface area contributed by atoms with Gasteiger partial charge in [0.15, 0.2) is 0 Å². The summed E-state index contributed by atoms with van der Waals surface area (Å²) in [6.07, 6.45) is 0.456. The van der Waals surface area contributed by atoms with Crippen LogP contribution in [0, 0.1) is 0 Å². The largest absolute Gasteiger partial charge is 0.378 e. The van der Waals surface area contributed by atoms with Crippen LogP contribution < -0.4 is 20.9 Å². The minimum Gasteiger partial charge on any atom is -0.378 e. The number of halogens is 2. The molecule has 3 N–H and O–H groups in total. The number of amides is 2. The van der Waals surface area contributed by atoms with Crippen molar-refractivity contribution < 1.29 is 9.59 Å². The lowest BCUT2D eigenvalue weighted by molar-refractivity contribution is -0.116. The Morgan fingerprint density at radius 2 is 1.22 bits per heavy atom. The Morgan fingerprint density at radius 3 is 1.67 bits per heavy atom. The van der Waals surface area contributed by atoms with Crippen LogP contribution in [0.3, 0.4) is 0 Å². The first-order valence-electron chi connectivity index (χ1n) is 11.5. The number of pyridine rings is 1. The molecule has 0 bridgehead atoms. The second kappa shape index (κ2) is 11.5. The molecule has 0 saturated heterocycles. The quantitative estimate of drug-likeness (QED) is 0.176. The van der Waals surface area contributed by atoms with Crippen molar-refractivity contribution in [3.8, 4) is 0 Å². The van der Waals surface area contributed by atoms with E-state index in [2.05, 4.69) is 16.0 Å². The highest BCUT2D eigenvalue weighted by atomic mass is 35.5. The van der Waals surface area contributed by atoms with E-state index in [0.717, 1.165) is 27.8 Å². The van der Waals surface area contributed by atoms with Gasteiger partial charge in [-0.2, -0.15) is 0 Å². The molecule has 0 aliphatic carbocycles. The van der Waals surface area contributed by atoms with E-state index < -0.39 is 0 Å². The van der Waals surface area contributed by atoms with Crippen molar-refractivity contribution in [2.24, 2.45) is 0 Å². The molecule has 0 radical (unpaired) electrons. The number of alkyl halides is 2. The van der Waals surface area contributed by atoms with Gasteiger partial charge in [-0.05, 0) is 60.7 Å². The zero-order chi connectivity index (χ0) is 25.7. The Hall–Kier alpha value is -3.55. The van der Waals surface area contributed by atoms with E-state index in [1.54, 1.807) is 0 Å². The van der Waals surface area contributed by atoms with Gasteiger partial charge in [0.05, 0.1) is 16.7 Å². The second-order valence-corrected chi connectivity index (χ2v) is 9.25. The van der Waals surface area contributed by atoms with E-state index in [1.165, 1.54) is 0 Å². The number of rotatable bonds is 9. The fraction of sp³-hybridized carbons (Fsp3) is 0.222. The lowest BCUT2D eigenvalue weighted by atomic mass is 10.1. The van der Waals surface area contributed by atoms with Gasteiger partial charge in [-0.3, -0.25) is 9.59 Å². The van der Waals surface area contributed by atoms with Crippen molar-refractivity contribution in [2.75, 3.05) is 46.7 Å². The van der Waals surface area contributed by atoms with Gasteiger partial charge in [0, 0.05) is 72.2 Å². The van der Waals surface area contributed by atoms with E-state index in [4.69, 9.17) is 28.2 Å². The molecule has 2 amide bonds. The summed E-state index contributed by atoms with van der Waals surface area (Å²) in [6.45, 7) is 0. The van der Waals surface area contributed by atoms with E-state index in [9.17, 15) is 9.59 Å². The fourth-order valence-corrected chi connectivity index (χ4v) is 4.19. The zero-order valence-corrected chi connectivity index (χ0v) is 21.6. The van der Waals surface area contributed by atoms with Crippen LogP contribution in [0.1, 0.15) is 12.8 Å². The molecule has 3 aromatic carbocycles. The van der Waals surface area contributed by atoms with Crippen molar-refractivity contribution in [1.29, 1.82) is 0 Å². The summed E-state index contributed by atoms with van der Waals surface area (Å²) in [7, 11) is 4.00. The molecule has 0 aliphatic rings. The fourth-order valence-electron chi connectivity index (χ4n) is 3.84. The van der Waals surface area contributed by atoms with Crippen molar-refractivity contribution in [2.45, 2.75) is 12.8 Å². The summed E-state index contributed by atoms with van der Waals surface area (Å²) in [5, 5.41) is 11.1. The van der Waals surface area contributed by atoms with Gasteiger partial charge < -0.3 is 20.9 Å². The van der Waals surface area contributed by atoms with Crippen molar-refractivity contribution in [3.05, 3.63) is 60.7 Å². The highest BCUT2D eigenvalue weighted by Crippen LogP contribution is 2.35. The first-order chi connectivity index (χ1) is 17.4. The predicted octanol–water partition coefficient (Wildman–Crippen LogP) is 6.33. The van der Waals surface area contributed by atoms with Crippen LogP contribution in [0.15, 0.2) is 60.7 Å². The molecule has 36 heavy (non-hydrogen) atoms. The van der Waals surface area contributed by atoms with Gasteiger partial charge >= 0.3 is 0 Å². The molecule has 7 nitrogen and oxygen atoms in total. The second-order valence-electron chi connectivity index (χ2n) is 8.49. The Labute approximate surface area is 219 Å². The number of carbonyl (C=O) groups is 2. The number of hydrogen-bond donors (Lipinski definition) is 3. The molecule has 0 saturated carbocycles. The number of nitrogens with one attached hydrogen (secondary N) is 3. The normalized spacial score (nSPS) is 10.9. The first-order valence-corrected chi connectivity index (χ1v) is 12.6. The number of anilines is 5. The maximum Gasteiger partial charge on any atom is 0.225 e. The molecule has 0 unspecified atom stereocenters. The molecule has 0 fully saturated rings. The summed E-state index contributed by atoms with van der Waals surface area (Å²) in [5.74, 6) is 0.185. The highest BCUT2D eigenvalue weighted by molar-refractivity contribution is 6.19. The van der Waals surface area contributed by atoms with Gasteiger partial charge in [0.25, 0.3) is 0 Å². The summed E-state index contributed by atoms with van der Waals surface area (Å²) in [5.41, 5.74) is 5.57. The molecule has 4 rings (SSSR count). The van der Waals surface area contributed by atoms with Crippen molar-refractivity contribution >= 4 is 85.3 Å². The average Bonchev–Trinajstić information content (AvgIpc) is 2.84. The van der Waals surface area contributed by atoms with Gasteiger partial charge in [-0.1, -0.05) is 0 Å². The third-order valence-electron chi connectivity index (χ3n) is 5.64. The van der Waals surface area contributed by atoms with Crippen LogP contribution in [0.4, 0.5) is 28.4 Å². The monoisotopic (exact) mass is 523 g/mol. The number of fused-ring (bicyclic) bond motifs is 2. The molecule has 9 heteroatoms. The molecule has 4 aromatic rings. The minimum atomic E-state index is -0.159. The standard InChI is InChI=1S/C27H27Cl2N5O2/c1-34(2)20-7-3-17(4-8-20)32-27-21-9-5-18(30-25(35)11-13-28)15-23(21)33-24-16-19(6-10-22(24)27)31-26(36)12-14-29/h3-10,15-16H,11-14H2,1-2H3,(H,30,35)(H,31,36)(H,32,33). The number of benzene rings is 3. The summed E-state index contributed by atoms with van der Waals surface area (Å²) < 4.78 is 0. The topological polar surface area (TPSA) is 86.4 Å². The molecule has 186 valence electrons. The lowest BCUT2D eigenvalue weighted by Gasteiger charge is -2.17. The molecule has 0 atom stereocenters. The number of aromatic nitrogens is 1. The average molecular weight is 524 g/mol. The summed E-state index contributed by atoms with van der Waals surface area (Å²) in [6, 6.07) is 19.4. The van der Waals surface area contributed by atoms with Crippen molar-refractivity contribution in [1.82, 2.24) is 4.98 Å². The van der Waals surface area contributed by atoms with Crippen molar-refractivity contribution in [3.63, 3.8) is 0 Å². The smallest absolute Gasteiger partial charge is 0.225 e. The van der Waals surface area contributed by atoms with Gasteiger partial charge in [-0.25, -0.2) is 4.98 Å². The van der Waals surface area contributed by atoms with Gasteiger partial charge in [0.2, 0.25) is 11.8 Å². The lowest BCUT2D eigenvalue weighted by Crippen LogP contribution is -2.12. The third kappa shape index (κ3) is 5.98. The molecule has 1 aromatic heterocycles. The number of hydrogen-bond acceptors (Lipinski definition) is 5. The van der Waals surface area contributed by atoms with Crippen LogP contribution in [-0.2, 0) is 9.59 Å². The van der Waals surface area contributed by atoms with E-state index in [0.29, 0.717) is 22.4 Å². The minimum absolute atomic E-state index is 0.159.